The van der Waals surface area contributed by atoms with Crippen LogP contribution in [0.4, 0.5) is 10.1 Å². The number of methoxy groups -OCH3 is 1. The van der Waals surface area contributed by atoms with Crippen LogP contribution in [0.15, 0.2) is 53.7 Å². The predicted octanol–water partition coefficient (Wildman–Crippen LogP) is 3.12. The smallest absolute Gasteiger partial charge is 0.232 e. The van der Waals surface area contributed by atoms with E-state index in [1.165, 1.54) is 36.0 Å². The summed E-state index contributed by atoms with van der Waals surface area (Å²) >= 11 is 1.25. The van der Waals surface area contributed by atoms with Crippen molar-refractivity contribution in [3.8, 4) is 5.75 Å². The van der Waals surface area contributed by atoms with Crippen molar-refractivity contribution in [1.29, 1.82) is 0 Å². The number of thioether (sulfide) groups is 1. The molecule has 7 nitrogen and oxygen atoms in total. The van der Waals surface area contributed by atoms with E-state index < -0.39 is 0 Å². The molecular weight excluding hydrogens is 395 g/mol. The highest BCUT2D eigenvalue weighted by Crippen LogP contribution is 2.19. The van der Waals surface area contributed by atoms with E-state index in [9.17, 15) is 14.0 Å². The summed E-state index contributed by atoms with van der Waals surface area (Å²) in [6, 6.07) is 12.4. The van der Waals surface area contributed by atoms with Gasteiger partial charge in [0.25, 0.3) is 0 Å². The molecule has 0 aliphatic carbocycles. The number of hydrogen-bond acceptors (Lipinski definition) is 6. The van der Waals surface area contributed by atoms with Crippen LogP contribution in [-0.2, 0) is 18.3 Å². The number of nitrogens with zero attached hydrogens (tertiary/aromatic N) is 3. The van der Waals surface area contributed by atoms with Gasteiger partial charge in [-0.2, -0.15) is 0 Å². The van der Waals surface area contributed by atoms with Gasteiger partial charge in [0, 0.05) is 18.3 Å². The maximum absolute atomic E-state index is 12.9. The van der Waals surface area contributed by atoms with Crippen LogP contribution < -0.4 is 10.1 Å². The number of hydrogen-bond donors (Lipinski definition) is 1. The Morgan fingerprint density at radius 3 is 2.45 bits per heavy atom. The third kappa shape index (κ3) is 5.41. The molecule has 9 heteroatoms. The van der Waals surface area contributed by atoms with Crippen molar-refractivity contribution in [3.63, 3.8) is 0 Å². The van der Waals surface area contributed by atoms with Gasteiger partial charge in [0.05, 0.1) is 19.3 Å². The largest absolute Gasteiger partial charge is 0.497 e. The zero-order chi connectivity index (χ0) is 20.8. The first kappa shape index (κ1) is 20.5. The van der Waals surface area contributed by atoms with E-state index in [-0.39, 0.29) is 29.7 Å². The number of halogens is 1. The third-order valence-electron chi connectivity index (χ3n) is 4.12. The Bertz CT molecular complexity index is 1000. The molecule has 0 spiro atoms. The summed E-state index contributed by atoms with van der Waals surface area (Å²) in [5.41, 5.74) is 1.08. The summed E-state index contributed by atoms with van der Waals surface area (Å²) in [6.45, 7) is 0. The quantitative estimate of drug-likeness (QED) is 0.450. The third-order valence-corrected chi connectivity index (χ3v) is 5.14. The van der Waals surface area contributed by atoms with Gasteiger partial charge in [-0.3, -0.25) is 9.59 Å². The molecule has 0 fully saturated rings. The lowest BCUT2D eigenvalue weighted by atomic mass is 10.1. The zero-order valence-corrected chi connectivity index (χ0v) is 16.7. The van der Waals surface area contributed by atoms with Gasteiger partial charge >= 0.3 is 0 Å². The van der Waals surface area contributed by atoms with Gasteiger partial charge in [0.1, 0.15) is 17.4 Å². The molecule has 0 aliphatic rings. The molecule has 1 heterocycles. The second-order valence-electron chi connectivity index (χ2n) is 6.13. The Hall–Kier alpha value is -3.20. The highest BCUT2D eigenvalue weighted by Gasteiger charge is 2.15. The van der Waals surface area contributed by atoms with Gasteiger partial charge in [-0.1, -0.05) is 11.8 Å². The number of aromatic nitrogens is 3. The van der Waals surface area contributed by atoms with Crippen molar-refractivity contribution in [1.82, 2.24) is 14.8 Å². The first-order valence-corrected chi connectivity index (χ1v) is 9.68. The molecule has 0 saturated heterocycles. The van der Waals surface area contributed by atoms with Gasteiger partial charge in [-0.25, -0.2) is 4.39 Å². The Labute approximate surface area is 171 Å². The van der Waals surface area contributed by atoms with Crippen LogP contribution in [0.5, 0.6) is 5.75 Å². The van der Waals surface area contributed by atoms with Crippen LogP contribution in [-0.4, -0.2) is 39.3 Å². The molecule has 3 aromatic rings. The van der Waals surface area contributed by atoms with Gasteiger partial charge in [0.2, 0.25) is 5.91 Å². The lowest BCUT2D eigenvalue weighted by Crippen LogP contribution is -2.17. The maximum atomic E-state index is 12.9. The molecule has 0 aliphatic heterocycles. The van der Waals surface area contributed by atoms with Gasteiger partial charge in [-0.05, 0) is 48.5 Å². The van der Waals surface area contributed by atoms with Crippen molar-refractivity contribution < 1.29 is 18.7 Å². The summed E-state index contributed by atoms with van der Waals surface area (Å²) < 4.78 is 19.7. The van der Waals surface area contributed by atoms with Crippen LogP contribution in [0.25, 0.3) is 0 Å². The molecule has 1 amide bonds. The summed E-state index contributed by atoms with van der Waals surface area (Å²) in [4.78, 5) is 24.5. The second-order valence-corrected chi connectivity index (χ2v) is 7.07. The first-order chi connectivity index (χ1) is 14.0. The fourth-order valence-corrected chi connectivity index (χ4v) is 3.32. The molecule has 0 saturated carbocycles. The monoisotopic (exact) mass is 414 g/mol. The summed E-state index contributed by atoms with van der Waals surface area (Å²) in [7, 11) is 3.30. The Balaban J connectivity index is 1.56. The highest BCUT2D eigenvalue weighted by molar-refractivity contribution is 7.99. The number of Topliss-reactive ketones (excluding diaryl/α,β-unsaturated/α-hetero) is 1. The number of carbonyl (C=O) groups is 2. The van der Waals surface area contributed by atoms with E-state index in [0.717, 1.165) is 0 Å². The van der Waals surface area contributed by atoms with Crippen LogP contribution >= 0.6 is 11.8 Å². The lowest BCUT2D eigenvalue weighted by molar-refractivity contribution is -0.115. The number of carbonyl (C=O) groups excluding carboxylic acids is 2. The summed E-state index contributed by atoms with van der Waals surface area (Å²) in [5, 5.41) is 11.3. The van der Waals surface area contributed by atoms with E-state index in [4.69, 9.17) is 4.74 Å². The zero-order valence-electron chi connectivity index (χ0n) is 15.9. The highest BCUT2D eigenvalue weighted by atomic mass is 32.2. The molecule has 150 valence electrons. The first-order valence-electron chi connectivity index (χ1n) is 8.70. The minimum atomic E-state index is -0.373. The van der Waals surface area contributed by atoms with Crippen molar-refractivity contribution in [3.05, 3.63) is 65.7 Å². The van der Waals surface area contributed by atoms with E-state index in [2.05, 4.69) is 15.5 Å². The normalized spacial score (nSPS) is 10.6. The molecule has 1 N–H and O–H groups in total. The Morgan fingerprint density at radius 1 is 1.10 bits per heavy atom. The predicted molar refractivity (Wildman–Crippen MR) is 108 cm³/mol. The van der Waals surface area contributed by atoms with E-state index in [1.54, 1.807) is 43.0 Å². The average molecular weight is 414 g/mol. The number of benzene rings is 2. The number of anilines is 1. The summed E-state index contributed by atoms with van der Waals surface area (Å²) in [5.74, 6) is 0.631. The number of ketones is 1. The van der Waals surface area contributed by atoms with Crippen molar-refractivity contribution in [2.75, 3.05) is 18.2 Å². The van der Waals surface area contributed by atoms with Crippen molar-refractivity contribution in [2.45, 2.75) is 11.6 Å². The second kappa shape index (κ2) is 9.33. The SMILES string of the molecule is COc1ccc(C(=O)CSc2nnc(CC(=O)Nc3ccc(F)cc3)n2C)cc1. The van der Waals surface area contributed by atoms with Crippen LogP contribution in [0.1, 0.15) is 16.2 Å². The minimum Gasteiger partial charge on any atom is -0.497 e. The van der Waals surface area contributed by atoms with Crippen LogP contribution in [0, 0.1) is 5.82 Å². The molecule has 1 aromatic heterocycles. The maximum Gasteiger partial charge on any atom is 0.232 e. The molecule has 3 rings (SSSR count). The summed E-state index contributed by atoms with van der Waals surface area (Å²) in [6.07, 6.45) is 0.00780. The number of rotatable bonds is 8. The standard InChI is InChI=1S/C20H19FN4O3S/c1-25-18(11-19(27)22-15-7-5-14(21)6-8-15)23-24-20(25)29-12-17(26)13-3-9-16(28-2)10-4-13/h3-10H,11-12H2,1-2H3,(H,22,27). The lowest BCUT2D eigenvalue weighted by Gasteiger charge is -2.06. The molecule has 29 heavy (non-hydrogen) atoms. The molecular formula is C20H19FN4O3S. The Morgan fingerprint density at radius 2 is 1.79 bits per heavy atom. The van der Waals surface area contributed by atoms with Gasteiger partial charge in [0.15, 0.2) is 10.9 Å². The van der Waals surface area contributed by atoms with Crippen LogP contribution in [0.2, 0.25) is 0 Å². The van der Waals surface area contributed by atoms with Crippen molar-refractivity contribution in [2.24, 2.45) is 7.05 Å². The fraction of sp³-hybridized carbons (Fsp3) is 0.200. The van der Waals surface area contributed by atoms with E-state index in [0.29, 0.717) is 28.0 Å². The molecule has 0 atom stereocenters. The van der Waals surface area contributed by atoms with Crippen LogP contribution in [0.3, 0.4) is 0 Å². The van der Waals surface area contributed by atoms with Gasteiger partial charge < -0.3 is 14.6 Å². The molecule has 0 unspecified atom stereocenters. The number of ether oxygens (including phenoxy) is 1. The minimum absolute atomic E-state index is 0.00780. The molecule has 0 radical (unpaired) electrons. The van der Waals surface area contributed by atoms with Gasteiger partial charge in [-0.15, -0.1) is 10.2 Å². The number of nitrogens with one attached hydrogen (secondary N) is 1. The topological polar surface area (TPSA) is 86.1 Å². The molecule has 2 aromatic carbocycles. The average Bonchev–Trinajstić information content (AvgIpc) is 3.07. The van der Waals surface area contributed by atoms with Crippen molar-refractivity contribution >= 4 is 29.1 Å². The number of amides is 1. The Kier molecular flexibility index (Phi) is 6.61. The fourth-order valence-electron chi connectivity index (χ4n) is 2.50. The van der Waals surface area contributed by atoms with E-state index in [1.807, 2.05) is 0 Å². The molecule has 0 bridgehead atoms. The van der Waals surface area contributed by atoms with E-state index >= 15 is 0 Å².